The van der Waals surface area contributed by atoms with E-state index in [1.807, 2.05) is 35.6 Å². The summed E-state index contributed by atoms with van der Waals surface area (Å²) in [5.41, 5.74) is 6.35. The zero-order valence-corrected chi connectivity index (χ0v) is 38.7. The molecule has 4 unspecified atom stereocenters. The first-order valence-electron chi connectivity index (χ1n) is 21.5. The van der Waals surface area contributed by atoms with Crippen molar-refractivity contribution in [3.63, 3.8) is 0 Å². The number of nitrogens with zero attached hydrogens (tertiary/aromatic N) is 2. The molecule has 0 saturated carbocycles. The van der Waals surface area contributed by atoms with Crippen LogP contribution in [-0.4, -0.2) is 96.6 Å². The standard InChI is InChI=1S/C44H57IN4O10S2/c1-43(18-6-3-5-11-39(51)46-20-8-4-9-21-47-40(52)28-45)33-25-29(50)12-14-35(33)48-22-16-37-31(41(43)48)27-32-38(59-37)17-23-49-36-15-13-30(61(56,57)58)26-34(36)44(2,42(32)49)19-7-10-24-60(53,54)55/h12-15,25-27,37-38H,3-11,16-24,28H2,1-2H3,(H4-,46,47,50,51,52,53,54,55,56,57,58). The first-order chi connectivity index (χ1) is 28.9. The molecule has 4 N–H and O–H groups in total. The molecule has 0 radical (unpaired) electrons. The number of anilines is 1. The topological polar surface area (TPSA) is 205 Å². The van der Waals surface area contributed by atoms with Crippen molar-refractivity contribution in [1.29, 1.82) is 0 Å². The minimum Gasteiger partial charge on any atom is -0.872 e. The molecule has 0 spiro atoms. The van der Waals surface area contributed by atoms with E-state index in [0.717, 1.165) is 103 Å². The number of rotatable bonds is 19. The van der Waals surface area contributed by atoms with Crippen LogP contribution in [0.25, 0.3) is 0 Å². The van der Waals surface area contributed by atoms with Crippen molar-refractivity contribution < 1.29 is 49.9 Å². The number of unbranched alkanes of at least 4 members (excludes halogenated alkanes) is 5. The third-order valence-electron chi connectivity index (χ3n) is 13.2. The highest BCUT2D eigenvalue weighted by Gasteiger charge is 2.56. The summed E-state index contributed by atoms with van der Waals surface area (Å²) >= 11 is 2.04. The third kappa shape index (κ3) is 9.61. The molecule has 332 valence electrons. The van der Waals surface area contributed by atoms with Crippen molar-refractivity contribution in [1.82, 2.24) is 10.6 Å². The Morgan fingerprint density at radius 2 is 1.57 bits per heavy atom. The fraction of sp³-hybridized carbons (Fsp3) is 0.568. The van der Waals surface area contributed by atoms with Crippen molar-refractivity contribution in [2.24, 2.45) is 0 Å². The number of amides is 2. The zero-order chi connectivity index (χ0) is 43.7. The Morgan fingerprint density at radius 1 is 0.869 bits per heavy atom. The molecule has 0 bridgehead atoms. The predicted octanol–water partition coefficient (Wildman–Crippen LogP) is 5.74. The van der Waals surface area contributed by atoms with Crippen molar-refractivity contribution in [2.75, 3.05) is 41.3 Å². The number of allylic oxidation sites excluding steroid dienone is 1. The highest BCUT2D eigenvalue weighted by Crippen LogP contribution is 2.57. The van der Waals surface area contributed by atoms with Crippen LogP contribution in [0.2, 0.25) is 0 Å². The molecular weight excluding hydrogens is 936 g/mol. The van der Waals surface area contributed by atoms with E-state index >= 15 is 0 Å². The van der Waals surface area contributed by atoms with Gasteiger partial charge in [0.2, 0.25) is 17.5 Å². The van der Waals surface area contributed by atoms with Crippen LogP contribution in [0, 0.1) is 0 Å². The number of alkyl halides is 1. The average molecular weight is 993 g/mol. The van der Waals surface area contributed by atoms with Crippen LogP contribution in [0.5, 0.6) is 5.75 Å². The highest BCUT2D eigenvalue weighted by atomic mass is 127. The molecule has 0 aliphatic carbocycles. The lowest BCUT2D eigenvalue weighted by Gasteiger charge is -2.43. The Bertz CT molecular complexity index is 2380. The molecule has 5 aliphatic heterocycles. The molecule has 5 heterocycles. The van der Waals surface area contributed by atoms with E-state index < -0.39 is 31.1 Å². The van der Waals surface area contributed by atoms with Gasteiger partial charge in [-0.2, -0.15) is 21.4 Å². The van der Waals surface area contributed by atoms with Crippen LogP contribution >= 0.6 is 22.6 Å². The normalized spacial score (nSPS) is 24.0. The first-order valence-corrected chi connectivity index (χ1v) is 26.0. The second kappa shape index (κ2) is 18.4. The molecule has 2 aromatic rings. The Balaban J connectivity index is 1.14. The number of halogens is 1. The largest absolute Gasteiger partial charge is 0.872 e. The van der Waals surface area contributed by atoms with Gasteiger partial charge in [0, 0.05) is 72.1 Å². The third-order valence-corrected chi connectivity index (χ3v) is 15.6. The number of hydrogen-bond donors (Lipinski definition) is 4. The molecule has 17 heteroatoms. The van der Waals surface area contributed by atoms with E-state index in [1.54, 1.807) is 18.2 Å². The number of fused-ring (bicyclic) bond motifs is 8. The Labute approximate surface area is 372 Å². The van der Waals surface area contributed by atoms with E-state index in [4.69, 9.17) is 4.74 Å². The van der Waals surface area contributed by atoms with Gasteiger partial charge in [-0.05, 0) is 95.1 Å². The molecular formula is C44H57IN4O10S2. The monoisotopic (exact) mass is 992 g/mol. The summed E-state index contributed by atoms with van der Waals surface area (Å²) in [6.45, 7) is 6.85. The van der Waals surface area contributed by atoms with Gasteiger partial charge < -0.3 is 25.4 Å². The molecule has 0 aromatic heterocycles. The van der Waals surface area contributed by atoms with E-state index in [-0.39, 0.29) is 46.8 Å². The lowest BCUT2D eigenvalue weighted by Crippen LogP contribution is -2.48. The minimum absolute atomic E-state index is 0.0334. The Kier molecular flexibility index (Phi) is 13.8. The van der Waals surface area contributed by atoms with Crippen molar-refractivity contribution in [3.8, 4) is 5.75 Å². The summed E-state index contributed by atoms with van der Waals surface area (Å²) in [6.07, 6.45) is 10.7. The number of hydrogen-bond acceptors (Lipinski definition) is 9. The molecule has 2 aromatic carbocycles. The van der Waals surface area contributed by atoms with Gasteiger partial charge in [0.1, 0.15) is 0 Å². The maximum Gasteiger partial charge on any atom is 0.294 e. The van der Waals surface area contributed by atoms with Crippen molar-refractivity contribution in [3.05, 3.63) is 70.4 Å². The van der Waals surface area contributed by atoms with Gasteiger partial charge in [0.05, 0.1) is 32.7 Å². The molecule has 7 rings (SSSR count). The molecule has 14 nitrogen and oxygen atoms in total. The summed E-state index contributed by atoms with van der Waals surface area (Å²) in [4.78, 5) is 26.0. The summed E-state index contributed by atoms with van der Waals surface area (Å²) in [5, 5.41) is 18.8. The van der Waals surface area contributed by atoms with Crippen LogP contribution in [0.1, 0.15) is 108 Å². The van der Waals surface area contributed by atoms with Crippen molar-refractivity contribution >= 4 is 71.7 Å². The fourth-order valence-electron chi connectivity index (χ4n) is 10.4. The van der Waals surface area contributed by atoms with Gasteiger partial charge in [0.25, 0.3) is 20.2 Å². The van der Waals surface area contributed by atoms with Crippen molar-refractivity contribution in [2.45, 2.75) is 125 Å². The lowest BCUT2D eigenvalue weighted by atomic mass is 9.70. The second-order valence-electron chi connectivity index (χ2n) is 17.4. The fourth-order valence-corrected chi connectivity index (χ4v) is 11.7. The van der Waals surface area contributed by atoms with Gasteiger partial charge >= 0.3 is 0 Å². The first kappa shape index (κ1) is 45.7. The van der Waals surface area contributed by atoms with E-state index in [1.165, 1.54) is 12.1 Å². The van der Waals surface area contributed by atoms with Gasteiger partial charge in [-0.3, -0.25) is 18.7 Å². The molecule has 0 fully saturated rings. The molecule has 0 saturated heterocycles. The highest BCUT2D eigenvalue weighted by molar-refractivity contribution is 14.1. The van der Waals surface area contributed by atoms with Crippen LogP contribution in [0.15, 0.2) is 64.2 Å². The van der Waals surface area contributed by atoms with Crippen LogP contribution in [0.4, 0.5) is 11.4 Å². The molecule has 4 atom stereocenters. The summed E-state index contributed by atoms with van der Waals surface area (Å²) in [6, 6.07) is 9.97. The van der Waals surface area contributed by atoms with Gasteiger partial charge in [-0.25, -0.2) is 0 Å². The average Bonchev–Trinajstić information content (AvgIpc) is 3.61. The van der Waals surface area contributed by atoms with Crippen LogP contribution in [-0.2, 0) is 45.4 Å². The maximum atomic E-state index is 13.0. The van der Waals surface area contributed by atoms with Gasteiger partial charge in [0.15, 0.2) is 12.3 Å². The predicted molar refractivity (Wildman–Crippen MR) is 239 cm³/mol. The quantitative estimate of drug-likeness (QED) is 0.0439. The SMILES string of the molecule is CC1(CCCCS(=O)(=O)O)C2=C3C=C4C5=[N+](CCC4OC3CCN2c2ccc(S(=O)(=O)O)cc21)c1ccc([O-])cc1C5(C)CCCCCC(=O)NCCCCCNC(=O)CI. The molecule has 61 heavy (non-hydrogen) atoms. The van der Waals surface area contributed by atoms with E-state index in [9.17, 15) is 40.6 Å². The summed E-state index contributed by atoms with van der Waals surface area (Å²) < 4.78 is 77.4. The number of nitrogens with one attached hydrogen (secondary N) is 2. The molecule has 2 amide bonds. The van der Waals surface area contributed by atoms with E-state index in [2.05, 4.69) is 33.1 Å². The number of ether oxygens (including phenoxy) is 1. The minimum atomic E-state index is -4.51. The second-order valence-corrected chi connectivity index (χ2v) is 21.2. The Hall–Kier alpha value is -3.36. The van der Waals surface area contributed by atoms with Crippen LogP contribution < -0.4 is 20.6 Å². The number of carbonyl (C=O) groups excluding carboxylic acids is 2. The zero-order valence-electron chi connectivity index (χ0n) is 34.9. The number of carbonyl (C=O) groups is 2. The Morgan fingerprint density at radius 3 is 2.30 bits per heavy atom. The maximum absolute atomic E-state index is 13.0. The van der Waals surface area contributed by atoms with E-state index in [0.29, 0.717) is 49.7 Å². The smallest absolute Gasteiger partial charge is 0.294 e. The van der Waals surface area contributed by atoms with Gasteiger partial charge in [-0.15, -0.1) is 5.75 Å². The lowest BCUT2D eigenvalue weighted by molar-refractivity contribution is -0.445. The van der Waals surface area contributed by atoms with Gasteiger partial charge in [-0.1, -0.05) is 54.0 Å². The summed E-state index contributed by atoms with van der Waals surface area (Å²) in [5.74, 6) is -0.368. The molecule has 5 aliphatic rings. The summed E-state index contributed by atoms with van der Waals surface area (Å²) in [7, 11) is -8.68. The van der Waals surface area contributed by atoms with Crippen LogP contribution in [0.3, 0.4) is 0 Å². The number of benzene rings is 2.